The third kappa shape index (κ3) is 7.36. The summed E-state index contributed by atoms with van der Waals surface area (Å²) in [7, 11) is 0. The second-order valence-electron chi connectivity index (χ2n) is 10.5. The van der Waals surface area contributed by atoms with Gasteiger partial charge in [0.25, 0.3) is 0 Å². The Morgan fingerprint density at radius 1 is 0.605 bits per heavy atom. The lowest BCUT2D eigenvalue weighted by atomic mass is 10.2. The highest BCUT2D eigenvalue weighted by Crippen LogP contribution is 2.15. The summed E-state index contributed by atoms with van der Waals surface area (Å²) >= 11 is 0. The number of aromatic nitrogens is 6. The minimum absolute atomic E-state index is 0.834. The Bertz CT molecular complexity index is 1160. The molecule has 0 saturated heterocycles. The first kappa shape index (κ1) is 26.3. The number of nitrogens with zero attached hydrogens (tertiary/aromatic N) is 8. The van der Waals surface area contributed by atoms with Crippen molar-refractivity contribution in [3.8, 4) is 0 Å². The van der Waals surface area contributed by atoms with Crippen LogP contribution in [0.5, 0.6) is 0 Å². The topological polar surface area (TPSA) is 67.9 Å². The first-order valence-electron chi connectivity index (χ1n) is 13.9. The molecule has 0 aromatic carbocycles. The molecule has 0 unspecified atom stereocenters. The molecule has 5 rings (SSSR count). The monoisotopic (exact) mass is 512 g/mol. The van der Waals surface area contributed by atoms with Gasteiger partial charge in [-0.15, -0.1) is 0 Å². The fourth-order valence-corrected chi connectivity index (χ4v) is 5.29. The van der Waals surface area contributed by atoms with Gasteiger partial charge in [0.15, 0.2) is 0 Å². The minimum Gasteiger partial charge on any atom is -0.292 e. The van der Waals surface area contributed by atoms with Crippen LogP contribution in [0, 0.1) is 13.8 Å². The summed E-state index contributed by atoms with van der Waals surface area (Å²) in [6, 6.07) is 16.8. The molecule has 200 valence electrons. The SMILES string of the molecule is Cc1cc2nn1CCCCn1nc(cc1C)CN(Cc1ccccn1)CCCCN(Cc1ccccn1)C2. The van der Waals surface area contributed by atoms with Crippen LogP contribution in [-0.4, -0.2) is 52.4 Å². The van der Waals surface area contributed by atoms with Gasteiger partial charge in [-0.05, 0) is 89.0 Å². The Balaban J connectivity index is 1.33. The Morgan fingerprint density at radius 3 is 1.47 bits per heavy atom. The summed E-state index contributed by atoms with van der Waals surface area (Å²) < 4.78 is 4.35. The molecule has 4 aromatic heterocycles. The van der Waals surface area contributed by atoms with E-state index in [1.807, 2.05) is 24.5 Å². The summed E-state index contributed by atoms with van der Waals surface area (Å²) in [5.41, 5.74) is 6.96. The van der Waals surface area contributed by atoms with Crippen LogP contribution in [0.2, 0.25) is 0 Å². The molecule has 0 fully saturated rings. The molecule has 5 heterocycles. The van der Waals surface area contributed by atoms with Crippen LogP contribution in [0.25, 0.3) is 0 Å². The molecule has 1 aliphatic heterocycles. The Hall–Kier alpha value is -3.36. The van der Waals surface area contributed by atoms with Gasteiger partial charge in [-0.3, -0.25) is 29.1 Å². The average molecular weight is 513 g/mol. The van der Waals surface area contributed by atoms with Gasteiger partial charge in [-0.1, -0.05) is 12.1 Å². The zero-order chi connectivity index (χ0) is 26.2. The van der Waals surface area contributed by atoms with Crippen molar-refractivity contribution in [1.82, 2.24) is 39.3 Å². The van der Waals surface area contributed by atoms with Gasteiger partial charge in [0.1, 0.15) is 0 Å². The van der Waals surface area contributed by atoms with Gasteiger partial charge < -0.3 is 0 Å². The van der Waals surface area contributed by atoms with E-state index in [1.54, 1.807) is 0 Å². The van der Waals surface area contributed by atoms with Crippen molar-refractivity contribution in [3.63, 3.8) is 0 Å². The second kappa shape index (κ2) is 12.9. The number of fused-ring (bicyclic) bond motifs is 4. The molecule has 0 amide bonds. The van der Waals surface area contributed by atoms with E-state index in [0.717, 1.165) is 101 Å². The van der Waals surface area contributed by atoms with Crippen LogP contribution in [-0.2, 0) is 39.3 Å². The summed E-state index contributed by atoms with van der Waals surface area (Å²) in [5.74, 6) is 0. The van der Waals surface area contributed by atoms with Crippen molar-refractivity contribution in [2.45, 2.75) is 78.8 Å². The van der Waals surface area contributed by atoms with Gasteiger partial charge >= 0.3 is 0 Å². The van der Waals surface area contributed by atoms with Crippen LogP contribution < -0.4 is 0 Å². The molecule has 4 aromatic rings. The van der Waals surface area contributed by atoms with Crippen LogP contribution >= 0.6 is 0 Å². The van der Waals surface area contributed by atoms with E-state index in [-0.39, 0.29) is 0 Å². The molecule has 4 bridgehead atoms. The van der Waals surface area contributed by atoms with Crippen LogP contribution in [0.3, 0.4) is 0 Å². The number of hydrogen-bond acceptors (Lipinski definition) is 6. The zero-order valence-corrected chi connectivity index (χ0v) is 22.8. The maximum Gasteiger partial charge on any atom is 0.0767 e. The minimum atomic E-state index is 0.834. The van der Waals surface area contributed by atoms with Crippen molar-refractivity contribution in [2.24, 2.45) is 0 Å². The molecular weight excluding hydrogens is 472 g/mol. The lowest BCUT2D eigenvalue weighted by molar-refractivity contribution is 0.217. The van der Waals surface area contributed by atoms with Crippen molar-refractivity contribution >= 4 is 0 Å². The van der Waals surface area contributed by atoms with Crippen molar-refractivity contribution in [1.29, 1.82) is 0 Å². The zero-order valence-electron chi connectivity index (χ0n) is 22.8. The predicted octanol–water partition coefficient (Wildman–Crippen LogP) is 4.77. The Labute approximate surface area is 226 Å². The van der Waals surface area contributed by atoms with Crippen molar-refractivity contribution in [3.05, 3.63) is 95.1 Å². The highest BCUT2D eigenvalue weighted by Gasteiger charge is 2.15. The van der Waals surface area contributed by atoms with E-state index in [1.165, 1.54) is 11.4 Å². The molecule has 0 aliphatic carbocycles. The lowest BCUT2D eigenvalue weighted by Crippen LogP contribution is -2.28. The van der Waals surface area contributed by atoms with Crippen molar-refractivity contribution in [2.75, 3.05) is 13.1 Å². The number of rotatable bonds is 4. The molecule has 0 radical (unpaired) electrons. The van der Waals surface area contributed by atoms with E-state index >= 15 is 0 Å². The molecule has 0 N–H and O–H groups in total. The van der Waals surface area contributed by atoms with Crippen LogP contribution in [0.15, 0.2) is 60.9 Å². The molecule has 8 nitrogen and oxygen atoms in total. The highest BCUT2D eigenvalue weighted by molar-refractivity contribution is 5.11. The quantitative estimate of drug-likeness (QED) is 0.393. The molecule has 1 aliphatic rings. The van der Waals surface area contributed by atoms with E-state index in [9.17, 15) is 0 Å². The van der Waals surface area contributed by atoms with E-state index in [0.29, 0.717) is 0 Å². The third-order valence-corrected chi connectivity index (χ3v) is 7.25. The number of hydrogen-bond donors (Lipinski definition) is 0. The molecule has 8 heteroatoms. The van der Waals surface area contributed by atoms with Gasteiger partial charge in [-0.25, -0.2) is 0 Å². The van der Waals surface area contributed by atoms with Gasteiger partial charge in [0.2, 0.25) is 0 Å². The lowest BCUT2D eigenvalue weighted by Gasteiger charge is -2.24. The first-order chi connectivity index (χ1) is 18.6. The average Bonchev–Trinajstić information content (AvgIpc) is 3.45. The maximum atomic E-state index is 4.97. The van der Waals surface area contributed by atoms with Crippen LogP contribution in [0.1, 0.15) is 59.8 Å². The van der Waals surface area contributed by atoms with E-state index < -0.39 is 0 Å². The van der Waals surface area contributed by atoms with Gasteiger partial charge in [-0.2, -0.15) is 10.2 Å². The largest absolute Gasteiger partial charge is 0.292 e. The van der Waals surface area contributed by atoms with E-state index in [4.69, 9.17) is 10.2 Å². The van der Waals surface area contributed by atoms with Gasteiger partial charge in [0, 0.05) is 63.1 Å². The number of pyridine rings is 2. The van der Waals surface area contributed by atoms with Crippen molar-refractivity contribution < 1.29 is 0 Å². The molecule has 38 heavy (non-hydrogen) atoms. The summed E-state index contributed by atoms with van der Waals surface area (Å²) in [6.07, 6.45) is 8.15. The number of aryl methyl sites for hydroxylation is 4. The maximum absolute atomic E-state index is 4.97. The molecule has 0 spiro atoms. The highest BCUT2D eigenvalue weighted by atomic mass is 15.3. The Kier molecular flexibility index (Phi) is 8.94. The third-order valence-electron chi connectivity index (χ3n) is 7.25. The fraction of sp³-hybridized carbons (Fsp3) is 0.467. The molecular formula is C30H40N8. The second-order valence-corrected chi connectivity index (χ2v) is 10.5. The summed E-state index contributed by atoms with van der Waals surface area (Å²) in [5, 5.41) is 9.95. The van der Waals surface area contributed by atoms with Gasteiger partial charge in [0.05, 0.1) is 22.8 Å². The normalized spacial score (nSPS) is 16.7. The Morgan fingerprint density at radius 2 is 1.05 bits per heavy atom. The molecule has 0 saturated carbocycles. The molecule has 0 atom stereocenters. The van der Waals surface area contributed by atoms with E-state index in [2.05, 4.69) is 79.4 Å². The smallest absolute Gasteiger partial charge is 0.0767 e. The summed E-state index contributed by atoms with van der Waals surface area (Å²) in [6.45, 7) is 11.6. The summed E-state index contributed by atoms with van der Waals surface area (Å²) in [4.78, 5) is 14.2. The first-order valence-corrected chi connectivity index (χ1v) is 13.9. The standard InChI is InChI=1S/C30H40N8/c1-25-19-29-23-35(21-27-11-3-5-13-31-27)15-7-8-16-36(22-28-12-4-6-14-32-28)24-30-20-26(2)38(34-30)18-10-9-17-37(25)33-29/h3-6,11-14,19-20H,7-10,15-18,21-24H2,1-2H3. The predicted molar refractivity (Wildman–Crippen MR) is 149 cm³/mol. The van der Waals surface area contributed by atoms with Crippen LogP contribution in [0.4, 0.5) is 0 Å². The fourth-order valence-electron chi connectivity index (χ4n) is 5.29.